The second-order valence-electron chi connectivity index (χ2n) is 7.65. The van der Waals surface area contributed by atoms with Crippen LogP contribution in [0.2, 0.25) is 0 Å². The van der Waals surface area contributed by atoms with Crippen LogP contribution in [0.1, 0.15) is 37.8 Å². The van der Waals surface area contributed by atoms with Gasteiger partial charge in [0.05, 0.1) is 10.7 Å². The van der Waals surface area contributed by atoms with E-state index in [-0.39, 0.29) is 24.4 Å². The summed E-state index contributed by atoms with van der Waals surface area (Å²) in [5, 5.41) is 1.84. The molecule has 1 saturated heterocycles. The van der Waals surface area contributed by atoms with Gasteiger partial charge in [0.15, 0.2) is 0 Å². The van der Waals surface area contributed by atoms with Gasteiger partial charge in [-0.2, -0.15) is 0 Å². The number of imidazole rings is 1. The largest absolute Gasteiger partial charge is 0.445 e. The molecule has 1 aromatic heterocycles. The van der Waals surface area contributed by atoms with Crippen LogP contribution in [0, 0.1) is 5.92 Å². The number of aromatic nitrogens is 2. The number of piperidine rings is 1. The van der Waals surface area contributed by atoms with Gasteiger partial charge in [-0.1, -0.05) is 55.5 Å². The summed E-state index contributed by atoms with van der Waals surface area (Å²) in [6, 6.07) is 9.75. The van der Waals surface area contributed by atoms with E-state index in [4.69, 9.17) is 4.74 Å². The number of fused-ring (bicyclic) bond motifs is 1. The summed E-state index contributed by atoms with van der Waals surface area (Å²) < 4.78 is 7.30. The molecule has 0 spiro atoms. The summed E-state index contributed by atoms with van der Waals surface area (Å²) in [6.45, 7) is 3.59. The van der Waals surface area contributed by atoms with Crippen molar-refractivity contribution in [3.05, 3.63) is 69.2 Å². The van der Waals surface area contributed by atoms with E-state index in [0.29, 0.717) is 19.0 Å². The normalized spacial score (nSPS) is 19.1. The van der Waals surface area contributed by atoms with Crippen LogP contribution in [0.4, 0.5) is 4.79 Å². The van der Waals surface area contributed by atoms with Gasteiger partial charge in [-0.15, -0.1) is 0 Å². The first kappa shape index (κ1) is 19.3. The van der Waals surface area contributed by atoms with Gasteiger partial charge in [0, 0.05) is 19.1 Å². The number of carbonyl (C=O) groups excluding carboxylic acids is 1. The number of ether oxygens (including phenoxy) is 1. The van der Waals surface area contributed by atoms with E-state index in [2.05, 4.69) is 24.1 Å². The molecular weight excluding hydrogens is 366 g/mol. The molecule has 1 atom stereocenters. The van der Waals surface area contributed by atoms with E-state index in [1.807, 2.05) is 47.1 Å². The minimum Gasteiger partial charge on any atom is -0.445 e. The summed E-state index contributed by atoms with van der Waals surface area (Å²) in [4.78, 5) is 29.8. The van der Waals surface area contributed by atoms with Crippen LogP contribution >= 0.6 is 0 Å². The number of H-pyrrole nitrogens is 1. The molecule has 1 aliphatic carbocycles. The average Bonchev–Trinajstić information content (AvgIpc) is 2.93. The van der Waals surface area contributed by atoms with Crippen LogP contribution in [0.15, 0.2) is 47.3 Å². The second-order valence-corrected chi connectivity index (χ2v) is 7.65. The lowest BCUT2D eigenvalue weighted by atomic mass is 10.1. The van der Waals surface area contributed by atoms with Gasteiger partial charge in [0.2, 0.25) is 0 Å². The standard InChI is InChI=1S/C23H27N3O3/c1-2-17-9-6-10-21-20(15-17)24-22(27)26(21)19-11-13-25(14-12-19)23(28)29-16-18-7-4-3-5-8-18/h3-10,15,17,19H,2,11-14,16H2,1H3,(H,24,27). The highest BCUT2D eigenvalue weighted by Crippen LogP contribution is 2.20. The predicted octanol–water partition coefficient (Wildman–Crippen LogP) is 2.31. The van der Waals surface area contributed by atoms with Crippen LogP contribution < -0.4 is 16.4 Å². The molecule has 29 heavy (non-hydrogen) atoms. The Bertz CT molecular complexity index is 1060. The Morgan fingerprint density at radius 2 is 1.97 bits per heavy atom. The molecule has 2 aliphatic rings. The van der Waals surface area contributed by atoms with Crippen molar-refractivity contribution < 1.29 is 9.53 Å². The Hall–Kier alpha value is -3.02. The number of benzene rings is 1. The van der Waals surface area contributed by atoms with E-state index in [9.17, 15) is 9.59 Å². The van der Waals surface area contributed by atoms with Crippen LogP contribution in [-0.2, 0) is 11.3 Å². The first-order valence-corrected chi connectivity index (χ1v) is 10.3. The quantitative estimate of drug-likeness (QED) is 0.867. The van der Waals surface area contributed by atoms with Crippen molar-refractivity contribution in [2.75, 3.05) is 13.1 Å². The molecule has 152 valence electrons. The van der Waals surface area contributed by atoms with Crippen LogP contribution in [-0.4, -0.2) is 33.6 Å². The highest BCUT2D eigenvalue weighted by Gasteiger charge is 2.26. The fourth-order valence-corrected chi connectivity index (χ4v) is 4.07. The fourth-order valence-electron chi connectivity index (χ4n) is 4.07. The Kier molecular flexibility index (Phi) is 5.69. The number of carbonyl (C=O) groups is 1. The molecule has 1 N–H and O–H groups in total. The summed E-state index contributed by atoms with van der Waals surface area (Å²) in [5.41, 5.74) is 0.903. The highest BCUT2D eigenvalue weighted by atomic mass is 16.6. The maximum absolute atomic E-state index is 12.6. The van der Waals surface area contributed by atoms with E-state index in [1.165, 1.54) is 0 Å². The smallest absolute Gasteiger partial charge is 0.410 e. The monoisotopic (exact) mass is 393 g/mol. The number of likely N-dealkylation sites (tertiary alicyclic amines) is 1. The molecule has 6 nitrogen and oxygen atoms in total. The predicted molar refractivity (Wildman–Crippen MR) is 113 cm³/mol. The van der Waals surface area contributed by atoms with Gasteiger partial charge in [-0.3, -0.25) is 4.57 Å². The first-order chi connectivity index (χ1) is 14.2. The van der Waals surface area contributed by atoms with Crippen LogP contribution in [0.3, 0.4) is 0 Å². The lowest BCUT2D eigenvalue weighted by Gasteiger charge is -2.31. The number of nitrogens with zero attached hydrogens (tertiary/aromatic N) is 2. The minimum atomic E-state index is -0.291. The maximum Gasteiger partial charge on any atom is 0.410 e. The van der Waals surface area contributed by atoms with Crippen molar-refractivity contribution in [2.45, 2.75) is 38.8 Å². The molecule has 2 heterocycles. The molecular formula is C23H27N3O3. The zero-order chi connectivity index (χ0) is 20.2. The molecule has 1 aliphatic heterocycles. The van der Waals surface area contributed by atoms with Gasteiger partial charge < -0.3 is 14.6 Å². The topological polar surface area (TPSA) is 67.3 Å². The fraction of sp³-hybridized carbons (Fsp3) is 0.391. The SMILES string of the molecule is CCC1C=CC=c2c([nH]c(=O)n2C2CCN(C(=O)OCc3ccccc3)CC2)=C1. The Labute approximate surface area is 169 Å². The molecule has 2 aromatic rings. The third kappa shape index (κ3) is 4.21. The minimum absolute atomic E-state index is 0.0715. The molecule has 1 aromatic carbocycles. The highest BCUT2D eigenvalue weighted by molar-refractivity contribution is 5.67. The lowest BCUT2D eigenvalue weighted by molar-refractivity contribution is 0.0827. The molecule has 0 bridgehead atoms. The third-order valence-corrected chi connectivity index (χ3v) is 5.75. The second kappa shape index (κ2) is 8.55. The Morgan fingerprint density at radius 3 is 2.69 bits per heavy atom. The Morgan fingerprint density at radius 1 is 1.21 bits per heavy atom. The van der Waals surface area contributed by atoms with Gasteiger partial charge in [-0.05, 0) is 36.8 Å². The Balaban J connectivity index is 1.42. The molecule has 0 radical (unpaired) electrons. The van der Waals surface area contributed by atoms with Crippen LogP contribution in [0.5, 0.6) is 0 Å². The molecule has 1 amide bonds. The lowest BCUT2D eigenvalue weighted by Crippen LogP contribution is -2.43. The molecule has 6 heteroatoms. The van der Waals surface area contributed by atoms with Gasteiger partial charge in [0.1, 0.15) is 6.61 Å². The summed E-state index contributed by atoms with van der Waals surface area (Å²) in [5.74, 6) is 0.334. The van der Waals surface area contributed by atoms with Crippen molar-refractivity contribution >= 4 is 18.2 Å². The summed E-state index contributed by atoms with van der Waals surface area (Å²) in [6.07, 6.45) is 10.5. The van der Waals surface area contributed by atoms with Crippen molar-refractivity contribution in [3.8, 4) is 0 Å². The number of hydrogen-bond acceptors (Lipinski definition) is 3. The number of rotatable bonds is 4. The third-order valence-electron chi connectivity index (χ3n) is 5.75. The maximum atomic E-state index is 12.6. The molecule has 4 rings (SSSR count). The molecule has 0 saturated carbocycles. The van der Waals surface area contributed by atoms with Crippen molar-refractivity contribution in [2.24, 2.45) is 5.92 Å². The molecule has 1 unspecified atom stereocenters. The van der Waals surface area contributed by atoms with Gasteiger partial charge in [-0.25, -0.2) is 9.59 Å². The van der Waals surface area contributed by atoms with Crippen molar-refractivity contribution in [1.29, 1.82) is 0 Å². The zero-order valence-electron chi connectivity index (χ0n) is 16.7. The van der Waals surface area contributed by atoms with E-state index < -0.39 is 0 Å². The van der Waals surface area contributed by atoms with Crippen LogP contribution in [0.25, 0.3) is 12.2 Å². The van der Waals surface area contributed by atoms with E-state index in [0.717, 1.165) is 35.5 Å². The molecule has 1 fully saturated rings. The first-order valence-electron chi connectivity index (χ1n) is 10.3. The van der Waals surface area contributed by atoms with Gasteiger partial charge in [0.25, 0.3) is 0 Å². The average molecular weight is 393 g/mol. The summed E-state index contributed by atoms with van der Waals surface area (Å²) in [7, 11) is 0. The summed E-state index contributed by atoms with van der Waals surface area (Å²) >= 11 is 0. The number of hydrogen-bond donors (Lipinski definition) is 1. The number of aromatic amines is 1. The van der Waals surface area contributed by atoms with E-state index >= 15 is 0 Å². The van der Waals surface area contributed by atoms with Crippen molar-refractivity contribution in [1.82, 2.24) is 14.5 Å². The van der Waals surface area contributed by atoms with Gasteiger partial charge >= 0.3 is 11.8 Å². The van der Waals surface area contributed by atoms with E-state index in [1.54, 1.807) is 4.90 Å². The number of allylic oxidation sites excluding steroid dienone is 2. The number of nitrogens with one attached hydrogen (secondary N) is 1. The number of amides is 1. The zero-order valence-corrected chi connectivity index (χ0v) is 16.7. The van der Waals surface area contributed by atoms with Crippen molar-refractivity contribution in [3.63, 3.8) is 0 Å².